The molecule has 0 saturated heterocycles. The first-order chi connectivity index (χ1) is 2.41. The van der Waals surface area contributed by atoms with E-state index in [1.54, 1.807) is 0 Å². The van der Waals surface area contributed by atoms with Crippen LogP contribution >= 0.6 is 0 Å². The van der Waals surface area contributed by atoms with Crippen LogP contribution in [0.2, 0.25) is 4.47 Å². The minimum absolute atomic E-state index is 0.346. The summed E-state index contributed by atoms with van der Waals surface area (Å²) < 4.78 is 1.10. The maximum absolute atomic E-state index is 8.07. The standard InChI is InChI=1S/C3H7OTe/c4-2-1-3-5/h4H,1-3H2. The average molecular weight is 187 g/mol. The van der Waals surface area contributed by atoms with Crippen molar-refractivity contribution in [2.45, 2.75) is 10.9 Å². The van der Waals surface area contributed by atoms with Crippen LogP contribution in [0.15, 0.2) is 0 Å². The van der Waals surface area contributed by atoms with E-state index in [9.17, 15) is 0 Å². The molecule has 0 saturated carbocycles. The zero-order valence-electron chi connectivity index (χ0n) is 2.98. The summed E-state index contributed by atoms with van der Waals surface area (Å²) in [5.74, 6) is 0. The molecule has 0 spiro atoms. The van der Waals surface area contributed by atoms with E-state index in [1.807, 2.05) is 22.3 Å². The first kappa shape index (κ1) is 5.75. The molecule has 0 aliphatic carbocycles. The Morgan fingerprint density at radius 3 is 2.20 bits per heavy atom. The molecular weight excluding hydrogens is 180 g/mol. The Morgan fingerprint density at radius 1 is 1.60 bits per heavy atom. The summed E-state index contributed by atoms with van der Waals surface area (Å²) in [6.45, 7) is 0.346. The second-order valence-electron chi connectivity index (χ2n) is 0.781. The third-order valence-corrected chi connectivity index (χ3v) is 1.13. The van der Waals surface area contributed by atoms with Crippen LogP contribution in [0.3, 0.4) is 0 Å². The molecule has 31 valence electrons. The van der Waals surface area contributed by atoms with Crippen LogP contribution in [0, 0.1) is 0 Å². The Bertz CT molecular complexity index is 14.4. The van der Waals surface area contributed by atoms with Crippen molar-refractivity contribution in [1.82, 2.24) is 0 Å². The summed E-state index contributed by atoms with van der Waals surface area (Å²) in [5, 5.41) is 8.07. The van der Waals surface area contributed by atoms with Gasteiger partial charge in [0, 0.05) is 0 Å². The van der Waals surface area contributed by atoms with Gasteiger partial charge in [-0.3, -0.25) is 0 Å². The van der Waals surface area contributed by atoms with Crippen LogP contribution in [0.1, 0.15) is 6.42 Å². The summed E-state index contributed by atoms with van der Waals surface area (Å²) in [5.41, 5.74) is 0. The van der Waals surface area contributed by atoms with E-state index in [1.165, 1.54) is 0 Å². The van der Waals surface area contributed by atoms with Gasteiger partial charge in [-0.05, 0) is 0 Å². The summed E-state index contributed by atoms with van der Waals surface area (Å²) in [7, 11) is 0. The topological polar surface area (TPSA) is 20.2 Å². The summed E-state index contributed by atoms with van der Waals surface area (Å²) in [4.78, 5) is 0. The van der Waals surface area contributed by atoms with Gasteiger partial charge >= 0.3 is 44.9 Å². The van der Waals surface area contributed by atoms with E-state index in [2.05, 4.69) is 0 Å². The van der Waals surface area contributed by atoms with Gasteiger partial charge in [0.25, 0.3) is 0 Å². The normalized spacial score (nSPS) is 8.40. The van der Waals surface area contributed by atoms with Crippen molar-refractivity contribution >= 4 is 22.3 Å². The molecule has 5 heavy (non-hydrogen) atoms. The molecule has 0 aliphatic heterocycles. The van der Waals surface area contributed by atoms with Crippen molar-refractivity contribution in [2.24, 2.45) is 0 Å². The van der Waals surface area contributed by atoms with Gasteiger partial charge in [0.2, 0.25) is 0 Å². The van der Waals surface area contributed by atoms with Crippen molar-refractivity contribution in [2.75, 3.05) is 6.61 Å². The molecule has 0 rings (SSSR count). The molecule has 1 N–H and O–H groups in total. The van der Waals surface area contributed by atoms with Gasteiger partial charge in [0.1, 0.15) is 0 Å². The molecule has 1 nitrogen and oxygen atoms in total. The van der Waals surface area contributed by atoms with Gasteiger partial charge in [-0.25, -0.2) is 0 Å². The van der Waals surface area contributed by atoms with E-state index in [-0.39, 0.29) is 0 Å². The number of aliphatic hydroxyl groups is 1. The molecule has 0 aromatic carbocycles. The first-order valence-corrected chi connectivity index (χ1v) is 3.25. The molecule has 2 heteroatoms. The third kappa shape index (κ3) is 4.75. The molecule has 0 amide bonds. The van der Waals surface area contributed by atoms with Crippen molar-refractivity contribution in [3.8, 4) is 0 Å². The quantitative estimate of drug-likeness (QED) is 0.600. The fourth-order valence-electron chi connectivity index (χ4n) is 0.0645. The van der Waals surface area contributed by atoms with Crippen molar-refractivity contribution in [1.29, 1.82) is 0 Å². The van der Waals surface area contributed by atoms with Crippen LogP contribution in [0.4, 0.5) is 0 Å². The van der Waals surface area contributed by atoms with Crippen LogP contribution in [-0.2, 0) is 0 Å². The van der Waals surface area contributed by atoms with Crippen molar-refractivity contribution in [3.05, 3.63) is 0 Å². The Kier molecular flexibility index (Phi) is 5.46. The monoisotopic (exact) mass is 189 g/mol. The molecule has 0 atom stereocenters. The van der Waals surface area contributed by atoms with Gasteiger partial charge in [-0.15, -0.1) is 0 Å². The molecular formula is C3H7OTe. The molecule has 1 radical (unpaired) electrons. The maximum atomic E-state index is 8.07. The van der Waals surface area contributed by atoms with E-state index in [0.717, 1.165) is 10.9 Å². The zero-order chi connectivity index (χ0) is 4.12. The molecule has 0 aromatic heterocycles. The molecule has 0 unspecified atom stereocenters. The Morgan fingerprint density at radius 2 is 2.20 bits per heavy atom. The van der Waals surface area contributed by atoms with E-state index >= 15 is 0 Å². The molecule has 0 heterocycles. The second kappa shape index (κ2) is 4.75. The Labute approximate surface area is 45.3 Å². The molecule has 0 aliphatic rings. The van der Waals surface area contributed by atoms with E-state index in [0.29, 0.717) is 6.61 Å². The number of hydrogen-bond donors (Lipinski definition) is 1. The summed E-state index contributed by atoms with van der Waals surface area (Å²) in [6.07, 6.45) is 0.949. The van der Waals surface area contributed by atoms with Crippen LogP contribution in [0.5, 0.6) is 0 Å². The summed E-state index contributed by atoms with van der Waals surface area (Å²) in [6, 6.07) is 0. The zero-order valence-corrected chi connectivity index (χ0v) is 5.31. The molecule has 0 aromatic rings. The predicted molar refractivity (Wildman–Crippen MR) is 22.3 cm³/mol. The van der Waals surface area contributed by atoms with Crippen LogP contribution in [0.25, 0.3) is 0 Å². The minimum atomic E-state index is 0.346. The van der Waals surface area contributed by atoms with E-state index < -0.39 is 0 Å². The van der Waals surface area contributed by atoms with Gasteiger partial charge in [-0.2, -0.15) is 0 Å². The molecule has 0 fully saturated rings. The van der Waals surface area contributed by atoms with Crippen LogP contribution < -0.4 is 0 Å². The predicted octanol–water partition coefficient (Wildman–Crippen LogP) is -0.0444. The fraction of sp³-hybridized carbons (Fsp3) is 1.00. The molecule has 0 bridgehead atoms. The van der Waals surface area contributed by atoms with Crippen LogP contribution in [-0.4, -0.2) is 34.0 Å². The van der Waals surface area contributed by atoms with Gasteiger partial charge in [0.05, 0.1) is 0 Å². The number of rotatable bonds is 2. The Balaban J connectivity index is 2.19. The SMILES string of the molecule is OCCC[Te]. The second-order valence-corrected chi connectivity index (χ2v) is 1.95. The van der Waals surface area contributed by atoms with E-state index in [4.69, 9.17) is 5.11 Å². The Hall–Kier alpha value is 0.750. The van der Waals surface area contributed by atoms with Crippen molar-refractivity contribution in [3.63, 3.8) is 0 Å². The third-order valence-electron chi connectivity index (χ3n) is 0.302. The van der Waals surface area contributed by atoms with Gasteiger partial charge < -0.3 is 0 Å². The number of hydrogen-bond acceptors (Lipinski definition) is 1. The number of aliphatic hydroxyl groups excluding tert-OH is 1. The van der Waals surface area contributed by atoms with Crippen molar-refractivity contribution < 1.29 is 5.11 Å². The van der Waals surface area contributed by atoms with Gasteiger partial charge in [0.15, 0.2) is 0 Å². The summed E-state index contributed by atoms with van der Waals surface area (Å²) >= 11 is 1.99. The average Bonchev–Trinajstić information content (AvgIpc) is 1.41. The first-order valence-electron chi connectivity index (χ1n) is 1.60. The fourth-order valence-corrected chi connectivity index (χ4v) is 0.433. The van der Waals surface area contributed by atoms with Gasteiger partial charge in [-0.1, -0.05) is 0 Å².